The molecule has 2 aromatic heterocycles. The summed E-state index contributed by atoms with van der Waals surface area (Å²) in [5.74, 6) is -0.278. The monoisotopic (exact) mass is 481 g/mol. The first-order chi connectivity index (χ1) is 16.0. The van der Waals surface area contributed by atoms with Gasteiger partial charge in [-0.05, 0) is 62.6 Å². The number of phenolic OH excluding ortho intramolecular Hbond substituents is 1. The molecular weight excluding hydrogens is 454 g/mol. The molecule has 0 bridgehead atoms. The summed E-state index contributed by atoms with van der Waals surface area (Å²) in [7, 11) is -4.26. The van der Waals surface area contributed by atoms with Crippen molar-refractivity contribution in [1.29, 1.82) is 0 Å². The zero-order valence-corrected chi connectivity index (χ0v) is 20.0. The van der Waals surface area contributed by atoms with E-state index in [9.17, 15) is 18.3 Å². The summed E-state index contributed by atoms with van der Waals surface area (Å²) in [6.07, 6.45) is 2.24. The van der Waals surface area contributed by atoms with Crippen molar-refractivity contribution in [3.05, 3.63) is 60.3 Å². The van der Waals surface area contributed by atoms with E-state index in [0.29, 0.717) is 29.5 Å². The van der Waals surface area contributed by atoms with Crippen molar-refractivity contribution in [2.24, 2.45) is 5.92 Å². The smallest absolute Gasteiger partial charge is 0.268 e. The standard InChI is InChI=1S/C24H27N5O4S/c1-15-13-24(2,3)29(14-15)22-17(10-11-18(27-22)16-7-4-5-8-19(16)30)23(31)28-34(32,33)20-9-6-12-26-21(20)25/h4-12,15,30H,13-14H2,1-3H3,(H2,25,26)(H,28,31)/t15-/m0/s1. The van der Waals surface area contributed by atoms with Crippen LogP contribution in [0, 0.1) is 5.92 Å². The molecule has 1 aliphatic heterocycles. The number of nitrogens with zero attached hydrogens (tertiary/aromatic N) is 3. The van der Waals surface area contributed by atoms with E-state index in [1.165, 1.54) is 24.4 Å². The number of sulfonamides is 1. The SMILES string of the molecule is C[C@@H]1CN(c2nc(-c3ccccc3O)ccc2C(=O)NS(=O)(=O)c2cccnc2N)C(C)(C)C1. The van der Waals surface area contributed by atoms with Gasteiger partial charge in [0.15, 0.2) is 0 Å². The fourth-order valence-corrected chi connectivity index (χ4v) is 5.54. The molecule has 10 heteroatoms. The van der Waals surface area contributed by atoms with Crippen molar-refractivity contribution in [3.63, 3.8) is 0 Å². The summed E-state index contributed by atoms with van der Waals surface area (Å²) < 4.78 is 27.8. The number of aromatic hydroxyl groups is 1. The topological polar surface area (TPSA) is 139 Å². The van der Waals surface area contributed by atoms with Gasteiger partial charge in [-0.2, -0.15) is 0 Å². The van der Waals surface area contributed by atoms with Crippen molar-refractivity contribution >= 4 is 27.6 Å². The normalized spacial score (nSPS) is 17.5. The van der Waals surface area contributed by atoms with Crippen LogP contribution in [-0.2, 0) is 10.0 Å². The molecule has 1 atom stereocenters. The van der Waals surface area contributed by atoms with Gasteiger partial charge in [-0.3, -0.25) is 4.79 Å². The van der Waals surface area contributed by atoms with Crippen LogP contribution in [0.2, 0.25) is 0 Å². The molecule has 0 saturated carbocycles. The molecule has 34 heavy (non-hydrogen) atoms. The van der Waals surface area contributed by atoms with E-state index >= 15 is 0 Å². The van der Waals surface area contributed by atoms with Gasteiger partial charge in [0.1, 0.15) is 22.3 Å². The molecule has 1 aromatic carbocycles. The summed E-state index contributed by atoms with van der Waals surface area (Å²) in [6, 6.07) is 12.6. The summed E-state index contributed by atoms with van der Waals surface area (Å²) in [5, 5.41) is 10.3. The molecule has 1 fully saturated rings. The highest BCUT2D eigenvalue weighted by Crippen LogP contribution is 2.39. The summed E-state index contributed by atoms with van der Waals surface area (Å²) in [4.78, 5) is 23.5. The van der Waals surface area contributed by atoms with E-state index in [4.69, 9.17) is 10.7 Å². The fraction of sp³-hybridized carbons (Fsp3) is 0.292. The Balaban J connectivity index is 1.80. The summed E-state index contributed by atoms with van der Waals surface area (Å²) in [5.41, 5.74) is 6.49. The first kappa shape index (κ1) is 23.5. The number of hydrogen-bond donors (Lipinski definition) is 3. The van der Waals surface area contributed by atoms with Gasteiger partial charge >= 0.3 is 0 Å². The quantitative estimate of drug-likeness (QED) is 0.505. The van der Waals surface area contributed by atoms with Crippen molar-refractivity contribution in [2.45, 2.75) is 37.6 Å². The molecule has 1 saturated heterocycles. The van der Waals surface area contributed by atoms with Crippen molar-refractivity contribution in [2.75, 3.05) is 17.2 Å². The minimum atomic E-state index is -4.26. The fourth-order valence-electron chi connectivity index (χ4n) is 4.49. The molecule has 4 rings (SSSR count). The minimum absolute atomic E-state index is 0.0573. The van der Waals surface area contributed by atoms with Crippen molar-refractivity contribution in [1.82, 2.24) is 14.7 Å². The second-order valence-electron chi connectivity index (χ2n) is 9.14. The zero-order valence-electron chi connectivity index (χ0n) is 19.2. The highest BCUT2D eigenvalue weighted by Gasteiger charge is 2.39. The molecule has 178 valence electrons. The Morgan fingerprint density at radius 3 is 2.56 bits per heavy atom. The number of para-hydroxylation sites is 1. The third kappa shape index (κ3) is 4.41. The number of nitrogens with two attached hydrogens (primary N) is 1. The van der Waals surface area contributed by atoms with Crippen LogP contribution in [0.3, 0.4) is 0 Å². The number of amides is 1. The van der Waals surface area contributed by atoms with Crippen molar-refractivity contribution in [3.8, 4) is 17.0 Å². The Morgan fingerprint density at radius 1 is 1.18 bits per heavy atom. The lowest BCUT2D eigenvalue weighted by molar-refractivity contribution is 0.0981. The van der Waals surface area contributed by atoms with E-state index in [1.54, 1.807) is 30.3 Å². The summed E-state index contributed by atoms with van der Waals surface area (Å²) >= 11 is 0. The number of anilines is 2. The van der Waals surface area contributed by atoms with Gasteiger partial charge in [0.25, 0.3) is 15.9 Å². The molecular formula is C24H27N5O4S. The molecule has 0 radical (unpaired) electrons. The largest absolute Gasteiger partial charge is 0.507 e. The van der Waals surface area contributed by atoms with Gasteiger partial charge in [0.05, 0.1) is 11.3 Å². The average Bonchev–Trinajstić information content (AvgIpc) is 3.05. The number of benzene rings is 1. The minimum Gasteiger partial charge on any atom is -0.507 e. The van der Waals surface area contributed by atoms with Crippen molar-refractivity contribution < 1.29 is 18.3 Å². The number of rotatable bonds is 5. The molecule has 9 nitrogen and oxygen atoms in total. The van der Waals surface area contributed by atoms with Gasteiger partial charge in [0, 0.05) is 23.8 Å². The van der Waals surface area contributed by atoms with E-state index in [1.807, 2.05) is 4.90 Å². The van der Waals surface area contributed by atoms with Crippen LogP contribution in [0.1, 0.15) is 37.6 Å². The summed E-state index contributed by atoms with van der Waals surface area (Å²) in [6.45, 7) is 6.87. The number of pyridine rings is 2. The first-order valence-corrected chi connectivity index (χ1v) is 12.3. The molecule has 1 amide bonds. The lowest BCUT2D eigenvalue weighted by Gasteiger charge is -2.34. The van der Waals surface area contributed by atoms with Gasteiger partial charge in [-0.25, -0.2) is 23.1 Å². The van der Waals surface area contributed by atoms with Crippen LogP contribution >= 0.6 is 0 Å². The highest BCUT2D eigenvalue weighted by molar-refractivity contribution is 7.90. The van der Waals surface area contributed by atoms with Gasteiger partial charge in [-0.15, -0.1) is 0 Å². The Hall–Kier alpha value is -3.66. The van der Waals surface area contributed by atoms with Crippen LogP contribution in [0.15, 0.2) is 59.6 Å². The molecule has 0 aliphatic carbocycles. The van der Waals surface area contributed by atoms with E-state index in [0.717, 1.165) is 6.42 Å². The third-order valence-corrected chi connectivity index (χ3v) is 7.32. The molecule has 0 spiro atoms. The van der Waals surface area contributed by atoms with E-state index in [2.05, 4.69) is 30.5 Å². The Bertz CT molecular complexity index is 1360. The number of nitrogens with one attached hydrogen (secondary N) is 1. The van der Waals surface area contributed by atoms with Gasteiger partial charge in [0.2, 0.25) is 0 Å². The first-order valence-electron chi connectivity index (χ1n) is 10.8. The highest BCUT2D eigenvalue weighted by atomic mass is 32.2. The number of aromatic nitrogens is 2. The Labute approximate surface area is 198 Å². The maximum Gasteiger partial charge on any atom is 0.268 e. The Kier molecular flexibility index (Phi) is 5.94. The van der Waals surface area contributed by atoms with Crippen LogP contribution < -0.4 is 15.4 Å². The second kappa shape index (κ2) is 8.60. The van der Waals surface area contributed by atoms with E-state index in [-0.39, 0.29) is 27.6 Å². The number of carbonyl (C=O) groups is 1. The number of phenols is 1. The van der Waals surface area contributed by atoms with Gasteiger partial charge < -0.3 is 15.7 Å². The van der Waals surface area contributed by atoms with Crippen LogP contribution in [0.4, 0.5) is 11.6 Å². The van der Waals surface area contributed by atoms with Crippen LogP contribution in [-0.4, -0.2) is 41.5 Å². The average molecular weight is 482 g/mol. The molecule has 1 aliphatic rings. The number of hydrogen-bond acceptors (Lipinski definition) is 8. The molecule has 3 aromatic rings. The zero-order chi connectivity index (χ0) is 24.7. The second-order valence-corrected chi connectivity index (χ2v) is 10.8. The Morgan fingerprint density at radius 2 is 1.91 bits per heavy atom. The maximum absolute atomic E-state index is 13.3. The van der Waals surface area contributed by atoms with E-state index < -0.39 is 15.9 Å². The number of carbonyl (C=O) groups excluding carboxylic acids is 1. The predicted molar refractivity (Wildman–Crippen MR) is 130 cm³/mol. The molecule has 0 unspecified atom stereocenters. The lowest BCUT2D eigenvalue weighted by atomic mass is 9.97. The number of nitrogen functional groups attached to an aromatic ring is 1. The molecule has 3 heterocycles. The molecule has 4 N–H and O–H groups in total. The van der Waals surface area contributed by atoms with Crippen LogP contribution in [0.25, 0.3) is 11.3 Å². The maximum atomic E-state index is 13.3. The third-order valence-electron chi connectivity index (χ3n) is 5.94. The van der Waals surface area contributed by atoms with Gasteiger partial charge in [-0.1, -0.05) is 19.1 Å². The van der Waals surface area contributed by atoms with Crippen LogP contribution in [0.5, 0.6) is 5.75 Å². The predicted octanol–water partition coefficient (Wildman–Crippen LogP) is 3.17. The lowest BCUT2D eigenvalue weighted by Crippen LogP contribution is -2.41.